The molecule has 0 aliphatic carbocycles. The number of benzene rings is 2. The summed E-state index contributed by atoms with van der Waals surface area (Å²) in [4.78, 5) is 12.5. The number of Topliss-reactive ketones (excluding diaryl/α,β-unsaturated/α-hetero) is 1. The molecule has 2 aromatic rings. The molecule has 0 N–H and O–H groups in total. The summed E-state index contributed by atoms with van der Waals surface area (Å²) in [5.74, 6) is 1.64. The Labute approximate surface area is 130 Å². The van der Waals surface area contributed by atoms with Crippen molar-refractivity contribution >= 4 is 11.9 Å². The molecule has 1 aliphatic heterocycles. The van der Waals surface area contributed by atoms with Crippen LogP contribution in [0.1, 0.15) is 34.0 Å². The molecule has 0 amide bonds. The Morgan fingerprint density at radius 2 is 2.00 bits per heavy atom. The van der Waals surface area contributed by atoms with Gasteiger partial charge < -0.3 is 9.47 Å². The molecular formula is C19H18O3. The maximum Gasteiger partial charge on any atom is 0.231 e. The average molecular weight is 294 g/mol. The van der Waals surface area contributed by atoms with Crippen LogP contribution in [0.3, 0.4) is 0 Å². The topological polar surface area (TPSA) is 35.5 Å². The summed E-state index contributed by atoms with van der Waals surface area (Å²) in [6.45, 7) is 6.45. The number of hydrogen-bond acceptors (Lipinski definition) is 3. The summed E-state index contributed by atoms with van der Waals surface area (Å²) < 4.78 is 11.4. The van der Waals surface area contributed by atoms with E-state index >= 15 is 0 Å². The number of allylic oxidation sites excluding steroid dienone is 1. The molecule has 22 heavy (non-hydrogen) atoms. The van der Waals surface area contributed by atoms with Crippen molar-refractivity contribution < 1.29 is 14.3 Å². The standard InChI is InChI=1S/C19H18O3/c1-4-21-16-9-8-15-18(20)17(22-19(15)13(16)3)11-14-7-5-6-12(2)10-14/h5-11H,4H2,1-3H3/b17-11-. The molecule has 0 bridgehead atoms. The molecule has 0 unspecified atom stereocenters. The first-order valence-electron chi connectivity index (χ1n) is 7.37. The third kappa shape index (κ3) is 2.50. The summed E-state index contributed by atoms with van der Waals surface area (Å²) in [6.07, 6.45) is 1.79. The zero-order chi connectivity index (χ0) is 15.7. The summed E-state index contributed by atoms with van der Waals surface area (Å²) in [7, 11) is 0. The first-order chi connectivity index (χ1) is 10.6. The molecule has 3 heteroatoms. The fourth-order valence-corrected chi connectivity index (χ4v) is 2.59. The second-order valence-electron chi connectivity index (χ2n) is 5.35. The van der Waals surface area contributed by atoms with Crippen LogP contribution in [0.5, 0.6) is 11.5 Å². The largest absolute Gasteiger partial charge is 0.493 e. The first kappa shape index (κ1) is 14.4. The molecule has 1 aliphatic rings. The van der Waals surface area contributed by atoms with E-state index < -0.39 is 0 Å². The maximum absolute atomic E-state index is 12.5. The van der Waals surface area contributed by atoms with Gasteiger partial charge in [0.1, 0.15) is 11.5 Å². The second-order valence-corrected chi connectivity index (χ2v) is 5.35. The number of carbonyl (C=O) groups excluding carboxylic acids is 1. The highest BCUT2D eigenvalue weighted by Crippen LogP contribution is 2.39. The lowest BCUT2D eigenvalue weighted by molar-refractivity contribution is 0.101. The molecule has 0 atom stereocenters. The van der Waals surface area contributed by atoms with E-state index in [-0.39, 0.29) is 5.78 Å². The lowest BCUT2D eigenvalue weighted by Gasteiger charge is -2.09. The van der Waals surface area contributed by atoms with E-state index in [1.54, 1.807) is 12.1 Å². The van der Waals surface area contributed by atoms with Crippen LogP contribution in [0, 0.1) is 13.8 Å². The van der Waals surface area contributed by atoms with E-state index in [0.717, 1.165) is 22.4 Å². The number of carbonyl (C=O) groups is 1. The van der Waals surface area contributed by atoms with Crippen LogP contribution in [0.15, 0.2) is 42.2 Å². The van der Waals surface area contributed by atoms with Gasteiger partial charge in [0.25, 0.3) is 0 Å². The van der Waals surface area contributed by atoms with Gasteiger partial charge in [-0.1, -0.05) is 29.8 Å². The number of rotatable bonds is 3. The molecule has 3 rings (SSSR count). The number of ether oxygens (including phenoxy) is 2. The minimum Gasteiger partial charge on any atom is -0.493 e. The zero-order valence-electron chi connectivity index (χ0n) is 13.0. The fraction of sp³-hybridized carbons (Fsp3) is 0.211. The third-order valence-electron chi connectivity index (χ3n) is 3.68. The van der Waals surface area contributed by atoms with Gasteiger partial charge in [0.05, 0.1) is 12.2 Å². The summed E-state index contributed by atoms with van der Waals surface area (Å²) in [5.41, 5.74) is 3.56. The fourth-order valence-electron chi connectivity index (χ4n) is 2.59. The third-order valence-corrected chi connectivity index (χ3v) is 3.68. The van der Waals surface area contributed by atoms with Crippen molar-refractivity contribution in [2.24, 2.45) is 0 Å². The lowest BCUT2D eigenvalue weighted by Crippen LogP contribution is -1.98. The van der Waals surface area contributed by atoms with E-state index in [9.17, 15) is 4.79 Å². The summed E-state index contributed by atoms with van der Waals surface area (Å²) >= 11 is 0. The molecule has 0 spiro atoms. The molecular weight excluding hydrogens is 276 g/mol. The highest BCUT2D eigenvalue weighted by atomic mass is 16.5. The van der Waals surface area contributed by atoms with Gasteiger partial charge in [-0.3, -0.25) is 4.79 Å². The van der Waals surface area contributed by atoms with Crippen LogP contribution in [-0.2, 0) is 0 Å². The van der Waals surface area contributed by atoms with Gasteiger partial charge in [0.2, 0.25) is 5.78 Å². The highest BCUT2D eigenvalue weighted by Gasteiger charge is 2.30. The Bertz CT molecular complexity index is 772. The molecule has 0 fully saturated rings. The number of ketones is 1. The predicted octanol–water partition coefficient (Wildman–Crippen LogP) is 4.32. The van der Waals surface area contributed by atoms with Crippen molar-refractivity contribution in [2.75, 3.05) is 6.61 Å². The molecule has 0 radical (unpaired) electrons. The van der Waals surface area contributed by atoms with Gasteiger partial charge >= 0.3 is 0 Å². The minimum absolute atomic E-state index is 0.0809. The van der Waals surface area contributed by atoms with Crippen molar-refractivity contribution in [3.8, 4) is 11.5 Å². The summed E-state index contributed by atoms with van der Waals surface area (Å²) in [5, 5.41) is 0. The van der Waals surface area contributed by atoms with E-state index in [2.05, 4.69) is 0 Å². The van der Waals surface area contributed by atoms with Crippen LogP contribution in [0.4, 0.5) is 0 Å². The smallest absolute Gasteiger partial charge is 0.231 e. The molecule has 0 saturated carbocycles. The predicted molar refractivity (Wildman–Crippen MR) is 86.5 cm³/mol. The van der Waals surface area contributed by atoms with Crippen molar-refractivity contribution in [3.05, 3.63) is 64.4 Å². The van der Waals surface area contributed by atoms with Crippen LogP contribution in [0.25, 0.3) is 6.08 Å². The number of hydrogen-bond donors (Lipinski definition) is 0. The Hall–Kier alpha value is -2.55. The van der Waals surface area contributed by atoms with Crippen molar-refractivity contribution in [3.63, 3.8) is 0 Å². The van der Waals surface area contributed by atoms with Crippen molar-refractivity contribution in [2.45, 2.75) is 20.8 Å². The highest BCUT2D eigenvalue weighted by molar-refractivity contribution is 6.14. The van der Waals surface area contributed by atoms with Gasteiger partial charge in [-0.2, -0.15) is 0 Å². The Morgan fingerprint density at radius 3 is 2.73 bits per heavy atom. The Morgan fingerprint density at radius 1 is 1.18 bits per heavy atom. The normalized spacial score (nSPS) is 14.9. The van der Waals surface area contributed by atoms with Crippen LogP contribution >= 0.6 is 0 Å². The Kier molecular flexibility index (Phi) is 3.72. The van der Waals surface area contributed by atoms with E-state index in [1.807, 2.05) is 51.1 Å². The molecule has 0 saturated heterocycles. The monoisotopic (exact) mass is 294 g/mol. The van der Waals surface area contributed by atoms with Gasteiger partial charge in [-0.25, -0.2) is 0 Å². The number of aryl methyl sites for hydroxylation is 1. The van der Waals surface area contributed by atoms with Gasteiger partial charge in [-0.05, 0) is 44.5 Å². The lowest BCUT2D eigenvalue weighted by atomic mass is 10.1. The van der Waals surface area contributed by atoms with E-state index in [0.29, 0.717) is 23.7 Å². The van der Waals surface area contributed by atoms with Crippen molar-refractivity contribution in [1.29, 1.82) is 0 Å². The Balaban J connectivity index is 1.99. The minimum atomic E-state index is -0.0809. The van der Waals surface area contributed by atoms with E-state index in [4.69, 9.17) is 9.47 Å². The maximum atomic E-state index is 12.5. The van der Waals surface area contributed by atoms with Gasteiger partial charge in [0, 0.05) is 5.56 Å². The molecule has 2 aromatic carbocycles. The SMILES string of the molecule is CCOc1ccc2c(c1C)O/C(=C\c1cccc(C)c1)C2=O. The van der Waals surface area contributed by atoms with Gasteiger partial charge in [0.15, 0.2) is 5.76 Å². The second kappa shape index (κ2) is 5.68. The van der Waals surface area contributed by atoms with Crippen LogP contribution < -0.4 is 9.47 Å². The molecule has 1 heterocycles. The summed E-state index contributed by atoms with van der Waals surface area (Å²) in [6, 6.07) is 11.6. The number of fused-ring (bicyclic) bond motifs is 1. The van der Waals surface area contributed by atoms with Crippen LogP contribution in [-0.4, -0.2) is 12.4 Å². The zero-order valence-corrected chi connectivity index (χ0v) is 13.0. The quantitative estimate of drug-likeness (QED) is 0.791. The van der Waals surface area contributed by atoms with E-state index in [1.165, 1.54) is 0 Å². The van der Waals surface area contributed by atoms with Gasteiger partial charge in [-0.15, -0.1) is 0 Å². The first-order valence-corrected chi connectivity index (χ1v) is 7.37. The van der Waals surface area contributed by atoms with Crippen molar-refractivity contribution in [1.82, 2.24) is 0 Å². The average Bonchev–Trinajstić information content (AvgIpc) is 2.80. The molecule has 112 valence electrons. The molecule has 0 aromatic heterocycles. The molecule has 3 nitrogen and oxygen atoms in total. The van der Waals surface area contributed by atoms with Crippen LogP contribution in [0.2, 0.25) is 0 Å².